The number of hydrogen-bond acceptors (Lipinski definition) is 3. The average molecular weight is 351 g/mol. The number of aromatic nitrogens is 2. The van der Waals surface area contributed by atoms with Gasteiger partial charge in [0.25, 0.3) is 0 Å². The van der Waals surface area contributed by atoms with Crippen molar-refractivity contribution < 1.29 is 0 Å². The predicted molar refractivity (Wildman–Crippen MR) is 106 cm³/mol. The first kappa shape index (κ1) is 16.4. The lowest BCUT2D eigenvalue weighted by atomic mass is 10.0. The molecule has 0 spiro atoms. The fourth-order valence-corrected chi connectivity index (χ4v) is 4.84. The zero-order valence-electron chi connectivity index (χ0n) is 15.8. The Bertz CT molecular complexity index is 768. The highest BCUT2D eigenvalue weighted by molar-refractivity contribution is 5.52. The standard InChI is InChI=1S/C22H30N4/c1-25-14-11-23-22(25)21(17-5-6-17)24-19-9-12-26(13-10-19)20-8-7-16-3-2-4-18(16)15-20/h7-8,11,14-15,17,19,21,24H,2-6,9-10,12-13H2,1H3. The van der Waals surface area contributed by atoms with E-state index in [0.717, 1.165) is 19.0 Å². The van der Waals surface area contributed by atoms with E-state index >= 15 is 0 Å². The first-order valence-electron chi connectivity index (χ1n) is 10.4. The molecule has 2 heterocycles. The molecule has 1 saturated carbocycles. The molecule has 26 heavy (non-hydrogen) atoms. The smallest absolute Gasteiger partial charge is 0.125 e. The Kier molecular flexibility index (Phi) is 4.24. The van der Waals surface area contributed by atoms with Gasteiger partial charge in [0.2, 0.25) is 0 Å². The molecule has 5 rings (SSSR count). The van der Waals surface area contributed by atoms with Crippen LogP contribution in [0.4, 0.5) is 5.69 Å². The second-order valence-corrected chi connectivity index (χ2v) is 8.45. The maximum atomic E-state index is 4.63. The van der Waals surface area contributed by atoms with Gasteiger partial charge in [-0.3, -0.25) is 0 Å². The quantitative estimate of drug-likeness (QED) is 0.894. The van der Waals surface area contributed by atoms with Crippen molar-refractivity contribution in [3.8, 4) is 0 Å². The van der Waals surface area contributed by atoms with Crippen molar-refractivity contribution in [1.29, 1.82) is 0 Å². The summed E-state index contributed by atoms with van der Waals surface area (Å²) < 4.78 is 2.19. The number of anilines is 1. The van der Waals surface area contributed by atoms with E-state index in [2.05, 4.69) is 51.2 Å². The van der Waals surface area contributed by atoms with E-state index in [-0.39, 0.29) is 0 Å². The van der Waals surface area contributed by atoms with Gasteiger partial charge in [-0.2, -0.15) is 0 Å². The zero-order chi connectivity index (χ0) is 17.5. The molecule has 4 heteroatoms. The van der Waals surface area contributed by atoms with Gasteiger partial charge in [0.15, 0.2) is 0 Å². The van der Waals surface area contributed by atoms with Gasteiger partial charge in [-0.25, -0.2) is 4.98 Å². The maximum Gasteiger partial charge on any atom is 0.125 e. The summed E-state index contributed by atoms with van der Waals surface area (Å²) in [6, 6.07) is 8.22. The molecule has 4 nitrogen and oxygen atoms in total. The van der Waals surface area contributed by atoms with Crippen LogP contribution in [0.25, 0.3) is 0 Å². The van der Waals surface area contributed by atoms with E-state index in [1.807, 2.05) is 6.20 Å². The van der Waals surface area contributed by atoms with Crippen LogP contribution in [0.3, 0.4) is 0 Å². The SMILES string of the molecule is Cn1ccnc1C(NC1CCN(c2ccc3c(c2)CCC3)CC1)C1CC1. The largest absolute Gasteiger partial charge is 0.371 e. The lowest BCUT2D eigenvalue weighted by molar-refractivity contribution is 0.337. The van der Waals surface area contributed by atoms with Crippen LogP contribution in [0.15, 0.2) is 30.6 Å². The molecule has 1 aromatic heterocycles. The van der Waals surface area contributed by atoms with E-state index in [4.69, 9.17) is 0 Å². The third kappa shape index (κ3) is 3.16. The van der Waals surface area contributed by atoms with Crippen molar-refractivity contribution in [1.82, 2.24) is 14.9 Å². The second kappa shape index (κ2) is 6.73. The molecule has 3 aliphatic rings. The summed E-state index contributed by atoms with van der Waals surface area (Å²) >= 11 is 0. The highest BCUT2D eigenvalue weighted by Gasteiger charge is 2.36. The van der Waals surface area contributed by atoms with Crippen molar-refractivity contribution in [3.63, 3.8) is 0 Å². The highest BCUT2D eigenvalue weighted by Crippen LogP contribution is 2.41. The van der Waals surface area contributed by atoms with E-state index in [1.165, 1.54) is 56.5 Å². The maximum absolute atomic E-state index is 4.63. The summed E-state index contributed by atoms with van der Waals surface area (Å²) in [5.74, 6) is 2.00. The molecule has 138 valence electrons. The van der Waals surface area contributed by atoms with Crippen molar-refractivity contribution in [2.45, 2.75) is 57.0 Å². The summed E-state index contributed by atoms with van der Waals surface area (Å²) in [7, 11) is 2.12. The van der Waals surface area contributed by atoms with E-state index in [9.17, 15) is 0 Å². The monoisotopic (exact) mass is 350 g/mol. The Morgan fingerprint density at radius 2 is 1.88 bits per heavy atom. The number of aryl methyl sites for hydroxylation is 3. The van der Waals surface area contributed by atoms with Gasteiger partial charge in [0.1, 0.15) is 5.82 Å². The molecule has 1 saturated heterocycles. The van der Waals surface area contributed by atoms with Crippen LogP contribution in [0.5, 0.6) is 0 Å². The number of nitrogens with zero attached hydrogens (tertiary/aromatic N) is 3. The molecule has 0 amide bonds. The minimum atomic E-state index is 0.437. The normalized spacial score (nSPS) is 21.8. The van der Waals surface area contributed by atoms with Crippen molar-refractivity contribution in [2.75, 3.05) is 18.0 Å². The third-order valence-electron chi connectivity index (χ3n) is 6.59. The molecular weight excluding hydrogens is 320 g/mol. The number of imidazole rings is 1. The fraction of sp³-hybridized carbons (Fsp3) is 0.591. The van der Waals surface area contributed by atoms with Crippen LogP contribution in [0.1, 0.15) is 55.1 Å². The van der Waals surface area contributed by atoms with E-state index < -0.39 is 0 Å². The zero-order valence-corrected chi connectivity index (χ0v) is 15.8. The number of rotatable bonds is 5. The summed E-state index contributed by atoms with van der Waals surface area (Å²) in [5, 5.41) is 3.96. The van der Waals surface area contributed by atoms with Crippen molar-refractivity contribution in [3.05, 3.63) is 47.5 Å². The molecule has 2 aromatic rings. The molecule has 1 unspecified atom stereocenters. The van der Waals surface area contributed by atoms with Crippen LogP contribution in [0, 0.1) is 5.92 Å². The van der Waals surface area contributed by atoms with Crippen molar-refractivity contribution in [2.24, 2.45) is 13.0 Å². The summed E-state index contributed by atoms with van der Waals surface area (Å²) in [5.41, 5.74) is 4.60. The summed E-state index contributed by atoms with van der Waals surface area (Å²) in [6.07, 6.45) is 13.0. The minimum absolute atomic E-state index is 0.437. The Morgan fingerprint density at radius 3 is 2.62 bits per heavy atom. The van der Waals surface area contributed by atoms with Crippen molar-refractivity contribution >= 4 is 5.69 Å². The number of hydrogen-bond donors (Lipinski definition) is 1. The van der Waals surface area contributed by atoms with Gasteiger partial charge >= 0.3 is 0 Å². The van der Waals surface area contributed by atoms with E-state index in [1.54, 1.807) is 11.1 Å². The molecule has 0 bridgehead atoms. The molecule has 1 N–H and O–H groups in total. The highest BCUT2D eigenvalue weighted by atomic mass is 15.2. The van der Waals surface area contributed by atoms with Crippen LogP contribution in [-0.4, -0.2) is 28.7 Å². The van der Waals surface area contributed by atoms with Gasteiger partial charge in [-0.15, -0.1) is 0 Å². The Hall–Kier alpha value is -1.81. The van der Waals surface area contributed by atoms with Gasteiger partial charge < -0.3 is 14.8 Å². The predicted octanol–water partition coefficient (Wildman–Crippen LogP) is 3.62. The number of piperidine rings is 1. The number of fused-ring (bicyclic) bond motifs is 1. The third-order valence-corrected chi connectivity index (χ3v) is 6.59. The van der Waals surface area contributed by atoms with Gasteiger partial charge in [-0.1, -0.05) is 6.07 Å². The Labute approximate surface area is 156 Å². The second-order valence-electron chi connectivity index (χ2n) is 8.45. The van der Waals surface area contributed by atoms with E-state index in [0.29, 0.717) is 12.1 Å². The molecule has 0 radical (unpaired) electrons. The fourth-order valence-electron chi connectivity index (χ4n) is 4.84. The molecular formula is C22H30N4. The summed E-state index contributed by atoms with van der Waals surface area (Å²) in [4.78, 5) is 7.22. The Morgan fingerprint density at radius 1 is 1.08 bits per heavy atom. The van der Waals surface area contributed by atoms with Gasteiger partial charge in [0.05, 0.1) is 6.04 Å². The van der Waals surface area contributed by atoms with Crippen LogP contribution in [0.2, 0.25) is 0 Å². The minimum Gasteiger partial charge on any atom is -0.371 e. The van der Waals surface area contributed by atoms with Gasteiger partial charge in [-0.05, 0) is 74.1 Å². The molecule has 1 aliphatic heterocycles. The molecule has 2 fully saturated rings. The average Bonchev–Trinajstić information content (AvgIpc) is 3.25. The lowest BCUT2D eigenvalue weighted by Gasteiger charge is -2.36. The first-order chi connectivity index (χ1) is 12.8. The lowest BCUT2D eigenvalue weighted by Crippen LogP contribution is -2.44. The van der Waals surface area contributed by atoms with Crippen LogP contribution in [-0.2, 0) is 19.9 Å². The molecule has 2 aliphatic carbocycles. The summed E-state index contributed by atoms with van der Waals surface area (Å²) in [6.45, 7) is 2.32. The molecule has 1 atom stereocenters. The van der Waals surface area contributed by atoms with Crippen LogP contribution < -0.4 is 10.2 Å². The number of nitrogens with one attached hydrogen (secondary N) is 1. The first-order valence-corrected chi connectivity index (χ1v) is 10.4. The molecule has 1 aromatic carbocycles. The van der Waals surface area contributed by atoms with Crippen LogP contribution >= 0.6 is 0 Å². The van der Waals surface area contributed by atoms with Gasteiger partial charge in [0, 0.05) is 44.3 Å². The number of benzene rings is 1. The topological polar surface area (TPSA) is 33.1 Å². The Balaban J connectivity index is 1.22.